The molecular weight excluding hydrogens is 202 g/mol. The molecule has 0 atom stereocenters. The van der Waals surface area contributed by atoms with Crippen LogP contribution < -0.4 is 27.7 Å². The fourth-order valence-corrected chi connectivity index (χ4v) is 1.01. The summed E-state index contributed by atoms with van der Waals surface area (Å²) in [7, 11) is 0. The molecule has 1 aromatic rings. The Bertz CT molecular complexity index is 351. The van der Waals surface area contributed by atoms with Crippen LogP contribution in [-0.4, -0.2) is 41.1 Å². The first-order chi connectivity index (χ1) is 7.18. The van der Waals surface area contributed by atoms with E-state index in [0.29, 0.717) is 0 Å². The Balaban J connectivity index is 0.000000162. The zero-order chi connectivity index (χ0) is 11.1. The summed E-state index contributed by atoms with van der Waals surface area (Å²) in [6, 6.07) is 0. The molecule has 0 aliphatic carbocycles. The summed E-state index contributed by atoms with van der Waals surface area (Å²) in [4.78, 5) is 35.9. The molecule has 1 aliphatic heterocycles. The van der Waals surface area contributed by atoms with Crippen LogP contribution in [0.25, 0.3) is 0 Å². The Morgan fingerprint density at radius 2 is 0.867 bits per heavy atom. The van der Waals surface area contributed by atoms with E-state index in [1.54, 1.807) is 15.0 Å². The van der Waals surface area contributed by atoms with E-state index in [2.05, 4.69) is 10.6 Å². The van der Waals surface area contributed by atoms with Crippen molar-refractivity contribution in [2.24, 2.45) is 0 Å². The number of aromatic nitrogens is 3. The first-order valence-electron chi connectivity index (χ1n) is 4.53. The van der Waals surface area contributed by atoms with E-state index in [1.807, 2.05) is 0 Å². The number of H-pyrrole nitrogens is 3. The molecule has 0 radical (unpaired) electrons. The second-order valence-electron chi connectivity index (χ2n) is 2.86. The van der Waals surface area contributed by atoms with Crippen molar-refractivity contribution in [2.75, 3.05) is 26.2 Å². The normalized spacial score (nSPS) is 15.2. The average Bonchev–Trinajstić information content (AvgIpc) is 2.19. The van der Waals surface area contributed by atoms with Crippen LogP contribution in [0.15, 0.2) is 14.4 Å². The lowest BCUT2D eigenvalue weighted by Gasteiger charge is -2.11. The quantitative estimate of drug-likeness (QED) is 0.314. The van der Waals surface area contributed by atoms with Gasteiger partial charge in [0.2, 0.25) is 0 Å². The molecule has 1 saturated heterocycles. The highest BCUT2D eigenvalue weighted by Gasteiger charge is 1.91. The van der Waals surface area contributed by atoms with Gasteiger partial charge in [-0.05, 0) is 0 Å². The van der Waals surface area contributed by atoms with Gasteiger partial charge < -0.3 is 10.6 Å². The van der Waals surface area contributed by atoms with E-state index in [-0.39, 0.29) is 0 Å². The second kappa shape index (κ2) is 5.94. The van der Waals surface area contributed by atoms with Gasteiger partial charge >= 0.3 is 17.1 Å². The monoisotopic (exact) mass is 215 g/mol. The van der Waals surface area contributed by atoms with Crippen LogP contribution in [0.2, 0.25) is 0 Å². The molecule has 0 saturated carbocycles. The highest BCUT2D eigenvalue weighted by molar-refractivity contribution is 4.60. The molecule has 0 spiro atoms. The van der Waals surface area contributed by atoms with Crippen LogP contribution >= 0.6 is 0 Å². The molecule has 8 nitrogen and oxygen atoms in total. The summed E-state index contributed by atoms with van der Waals surface area (Å²) < 4.78 is 0. The van der Waals surface area contributed by atoms with Gasteiger partial charge in [-0.3, -0.25) is 15.0 Å². The van der Waals surface area contributed by atoms with Gasteiger partial charge in [-0.2, -0.15) is 0 Å². The van der Waals surface area contributed by atoms with Gasteiger partial charge in [0.25, 0.3) is 0 Å². The van der Waals surface area contributed by atoms with Crippen molar-refractivity contribution < 1.29 is 0 Å². The molecule has 1 aliphatic rings. The first-order valence-corrected chi connectivity index (χ1v) is 4.53. The minimum absolute atomic E-state index is 0.802. The standard InChI is InChI=1S/C4H10N2.C3H3N3O3/c1-2-6-4-3-5-1;7-1-4-2(8)6-3(9)5-1/h5-6H,1-4H2;(H3,4,5,6,7,8,9). The third kappa shape index (κ3) is 4.93. The largest absolute Gasteiger partial charge is 0.330 e. The molecule has 2 rings (SSSR count). The number of hydrogen-bond acceptors (Lipinski definition) is 5. The van der Waals surface area contributed by atoms with Crippen molar-refractivity contribution in [1.82, 2.24) is 25.6 Å². The smallest absolute Gasteiger partial charge is 0.314 e. The topological polar surface area (TPSA) is 123 Å². The van der Waals surface area contributed by atoms with Crippen molar-refractivity contribution in [3.8, 4) is 0 Å². The summed E-state index contributed by atoms with van der Waals surface area (Å²) in [5.41, 5.74) is -2.41. The van der Waals surface area contributed by atoms with Gasteiger partial charge in [0, 0.05) is 26.2 Å². The maximum absolute atomic E-state index is 10.2. The van der Waals surface area contributed by atoms with Crippen molar-refractivity contribution >= 4 is 0 Å². The van der Waals surface area contributed by atoms with Gasteiger partial charge in [-0.15, -0.1) is 0 Å². The average molecular weight is 215 g/mol. The lowest BCUT2D eigenvalue weighted by molar-refractivity contribution is 0.534. The Labute approximate surface area is 84.1 Å². The SMILES string of the molecule is C1CNCCN1.O=c1[nH]c(=O)[nH]c(=O)[nH]1. The molecule has 1 fully saturated rings. The number of hydrogen-bond donors (Lipinski definition) is 5. The van der Waals surface area contributed by atoms with Gasteiger partial charge in [-0.1, -0.05) is 0 Å². The molecular formula is C7H13N5O3. The van der Waals surface area contributed by atoms with Crippen LogP contribution in [-0.2, 0) is 0 Å². The molecule has 0 bridgehead atoms. The van der Waals surface area contributed by atoms with Crippen LogP contribution in [0.3, 0.4) is 0 Å². The minimum atomic E-state index is -0.802. The third-order valence-electron chi connectivity index (χ3n) is 1.64. The second-order valence-corrected chi connectivity index (χ2v) is 2.86. The summed E-state index contributed by atoms with van der Waals surface area (Å²) in [5.74, 6) is 0. The Morgan fingerprint density at radius 3 is 1.07 bits per heavy atom. The zero-order valence-electron chi connectivity index (χ0n) is 8.05. The molecule has 0 aromatic carbocycles. The first kappa shape index (κ1) is 11.4. The van der Waals surface area contributed by atoms with Crippen molar-refractivity contribution in [3.63, 3.8) is 0 Å². The predicted octanol–water partition coefficient (Wildman–Crippen LogP) is -3.07. The number of rotatable bonds is 0. The van der Waals surface area contributed by atoms with Crippen LogP contribution in [0, 0.1) is 0 Å². The van der Waals surface area contributed by atoms with Crippen molar-refractivity contribution in [2.45, 2.75) is 0 Å². The molecule has 0 amide bonds. The van der Waals surface area contributed by atoms with E-state index in [9.17, 15) is 14.4 Å². The molecule has 5 N–H and O–H groups in total. The van der Waals surface area contributed by atoms with E-state index < -0.39 is 17.1 Å². The highest BCUT2D eigenvalue weighted by atomic mass is 16.2. The van der Waals surface area contributed by atoms with Gasteiger partial charge in [0.15, 0.2) is 0 Å². The fourth-order valence-electron chi connectivity index (χ4n) is 1.01. The number of piperazine rings is 1. The summed E-state index contributed by atoms with van der Waals surface area (Å²) in [6.45, 7) is 4.56. The Hall–Kier alpha value is -1.67. The van der Waals surface area contributed by atoms with Crippen LogP contribution in [0.1, 0.15) is 0 Å². The maximum atomic E-state index is 10.2. The van der Waals surface area contributed by atoms with E-state index in [0.717, 1.165) is 26.2 Å². The maximum Gasteiger partial charge on any atom is 0.330 e. The lowest BCUT2D eigenvalue weighted by Crippen LogP contribution is -2.39. The molecule has 2 heterocycles. The van der Waals surface area contributed by atoms with E-state index in [4.69, 9.17) is 0 Å². The predicted molar refractivity (Wildman–Crippen MR) is 54.0 cm³/mol. The van der Waals surface area contributed by atoms with Crippen LogP contribution in [0.4, 0.5) is 0 Å². The van der Waals surface area contributed by atoms with Crippen molar-refractivity contribution in [1.29, 1.82) is 0 Å². The fraction of sp³-hybridized carbons (Fsp3) is 0.571. The molecule has 8 heteroatoms. The van der Waals surface area contributed by atoms with Gasteiger partial charge in [0.1, 0.15) is 0 Å². The van der Waals surface area contributed by atoms with Gasteiger partial charge in [0.05, 0.1) is 0 Å². The Morgan fingerprint density at radius 1 is 0.600 bits per heavy atom. The zero-order valence-corrected chi connectivity index (χ0v) is 8.05. The lowest BCUT2D eigenvalue weighted by atomic mass is 10.4. The van der Waals surface area contributed by atoms with E-state index >= 15 is 0 Å². The third-order valence-corrected chi connectivity index (χ3v) is 1.64. The van der Waals surface area contributed by atoms with Crippen LogP contribution in [0.5, 0.6) is 0 Å². The van der Waals surface area contributed by atoms with Crippen molar-refractivity contribution in [3.05, 3.63) is 31.5 Å². The van der Waals surface area contributed by atoms with Gasteiger partial charge in [-0.25, -0.2) is 14.4 Å². The molecule has 84 valence electrons. The molecule has 0 unspecified atom stereocenters. The minimum Gasteiger partial charge on any atom is -0.314 e. The number of aromatic amines is 3. The summed E-state index contributed by atoms with van der Waals surface area (Å²) in [5, 5.41) is 6.44. The Kier molecular flexibility index (Phi) is 4.51. The highest BCUT2D eigenvalue weighted by Crippen LogP contribution is 1.65. The summed E-state index contributed by atoms with van der Waals surface area (Å²) in [6.07, 6.45) is 0. The molecule has 15 heavy (non-hydrogen) atoms. The summed E-state index contributed by atoms with van der Waals surface area (Å²) >= 11 is 0. The molecule has 1 aromatic heterocycles. The van der Waals surface area contributed by atoms with E-state index in [1.165, 1.54) is 0 Å². The number of nitrogens with one attached hydrogen (secondary N) is 5.